The van der Waals surface area contributed by atoms with Crippen LogP contribution in [0, 0.1) is 5.82 Å². The number of benzene rings is 1. The molecule has 0 aliphatic rings. The summed E-state index contributed by atoms with van der Waals surface area (Å²) in [6, 6.07) is 9.70. The molecule has 0 bridgehead atoms. The fourth-order valence-corrected chi connectivity index (χ4v) is 1.80. The van der Waals surface area contributed by atoms with Gasteiger partial charge in [-0.2, -0.15) is 0 Å². The van der Waals surface area contributed by atoms with Crippen LogP contribution in [-0.2, 0) is 0 Å². The molecule has 3 aromatic rings. The molecular weight excluding hydrogens is 235 g/mol. The highest BCUT2D eigenvalue weighted by Crippen LogP contribution is 2.37. The smallest absolute Gasteiger partial charge is 0.212 e. The Hall–Kier alpha value is -2.56. The Bertz CT molecular complexity index is 674. The maximum atomic E-state index is 13.8. The summed E-state index contributed by atoms with van der Waals surface area (Å²) in [7, 11) is 0. The molecule has 1 aromatic carbocycles. The van der Waals surface area contributed by atoms with Crippen LogP contribution in [0.1, 0.15) is 0 Å². The lowest BCUT2D eigenvalue weighted by Crippen LogP contribution is -1.91. The number of anilines is 1. The zero-order valence-corrected chi connectivity index (χ0v) is 9.26. The highest BCUT2D eigenvalue weighted by molar-refractivity contribution is 5.85. The summed E-state index contributed by atoms with van der Waals surface area (Å²) in [5.74, 6) is 0.520. The first-order chi connectivity index (χ1) is 8.77. The van der Waals surface area contributed by atoms with Gasteiger partial charge in [0.15, 0.2) is 11.6 Å². The molecular formula is C13H9FN2O2. The molecule has 0 fully saturated rings. The lowest BCUT2D eigenvalue weighted by Gasteiger charge is -2.02. The topological polar surface area (TPSA) is 65.2 Å². The van der Waals surface area contributed by atoms with Crippen molar-refractivity contribution in [1.82, 2.24) is 5.16 Å². The standard InChI is InChI=1S/C13H9FN2O2/c14-9-5-2-1-4-8(9)11-12(18-16-13(11)15)10-6-3-7-17-10/h1-7H,(H2,15,16). The minimum atomic E-state index is -0.389. The van der Waals surface area contributed by atoms with E-state index in [0.717, 1.165) is 0 Å². The van der Waals surface area contributed by atoms with E-state index in [1.165, 1.54) is 12.3 Å². The van der Waals surface area contributed by atoms with E-state index in [2.05, 4.69) is 5.16 Å². The molecule has 5 heteroatoms. The second-order valence-electron chi connectivity index (χ2n) is 3.73. The monoisotopic (exact) mass is 244 g/mol. The van der Waals surface area contributed by atoms with Crippen molar-refractivity contribution in [3.63, 3.8) is 0 Å². The summed E-state index contributed by atoms with van der Waals surface area (Å²) in [5, 5.41) is 3.67. The van der Waals surface area contributed by atoms with Gasteiger partial charge in [0.1, 0.15) is 5.82 Å². The summed E-state index contributed by atoms with van der Waals surface area (Å²) < 4.78 is 24.1. The van der Waals surface area contributed by atoms with Crippen LogP contribution in [0.15, 0.2) is 51.6 Å². The summed E-state index contributed by atoms with van der Waals surface area (Å²) in [6.45, 7) is 0. The van der Waals surface area contributed by atoms with Gasteiger partial charge in [0.2, 0.25) is 5.76 Å². The molecule has 0 amide bonds. The molecule has 4 nitrogen and oxygen atoms in total. The number of nitrogens with two attached hydrogens (primary N) is 1. The van der Waals surface area contributed by atoms with E-state index in [0.29, 0.717) is 22.6 Å². The Morgan fingerprint density at radius 1 is 1.11 bits per heavy atom. The molecule has 0 saturated carbocycles. The number of hydrogen-bond donors (Lipinski definition) is 1. The summed E-state index contributed by atoms with van der Waals surface area (Å²) in [4.78, 5) is 0. The number of halogens is 1. The van der Waals surface area contributed by atoms with Crippen LogP contribution >= 0.6 is 0 Å². The van der Waals surface area contributed by atoms with Crippen molar-refractivity contribution < 1.29 is 13.3 Å². The van der Waals surface area contributed by atoms with Gasteiger partial charge in [0.25, 0.3) is 0 Å². The van der Waals surface area contributed by atoms with Crippen LogP contribution in [0.3, 0.4) is 0 Å². The summed E-state index contributed by atoms with van der Waals surface area (Å²) >= 11 is 0. The molecule has 0 radical (unpaired) electrons. The molecule has 18 heavy (non-hydrogen) atoms. The molecule has 0 aliphatic heterocycles. The predicted molar refractivity (Wildman–Crippen MR) is 64.0 cm³/mol. The van der Waals surface area contributed by atoms with E-state index in [1.54, 1.807) is 30.3 Å². The van der Waals surface area contributed by atoms with E-state index in [4.69, 9.17) is 14.7 Å². The van der Waals surface area contributed by atoms with Gasteiger partial charge in [-0.1, -0.05) is 23.4 Å². The van der Waals surface area contributed by atoms with Gasteiger partial charge >= 0.3 is 0 Å². The van der Waals surface area contributed by atoms with E-state index in [1.807, 2.05) is 0 Å². The molecule has 2 N–H and O–H groups in total. The first-order valence-electron chi connectivity index (χ1n) is 5.31. The van der Waals surface area contributed by atoms with Gasteiger partial charge in [-0.15, -0.1) is 0 Å². The lowest BCUT2D eigenvalue weighted by atomic mass is 10.0. The average molecular weight is 244 g/mol. The van der Waals surface area contributed by atoms with E-state index < -0.39 is 0 Å². The highest BCUT2D eigenvalue weighted by Gasteiger charge is 2.21. The van der Waals surface area contributed by atoms with Gasteiger partial charge in [-0.25, -0.2) is 4.39 Å². The Balaban J connectivity index is 2.24. The van der Waals surface area contributed by atoms with Crippen molar-refractivity contribution in [2.45, 2.75) is 0 Å². The normalized spacial score (nSPS) is 10.7. The van der Waals surface area contributed by atoms with Crippen LogP contribution in [-0.4, -0.2) is 5.16 Å². The first kappa shape index (κ1) is 10.6. The van der Waals surface area contributed by atoms with Crippen molar-refractivity contribution in [3.05, 3.63) is 48.5 Å². The predicted octanol–water partition coefficient (Wildman–Crippen LogP) is 3.32. The molecule has 0 spiro atoms. The van der Waals surface area contributed by atoms with E-state index in [-0.39, 0.29) is 11.6 Å². The second kappa shape index (κ2) is 4.03. The van der Waals surface area contributed by atoms with Gasteiger partial charge in [-0.05, 0) is 18.2 Å². The number of aromatic nitrogens is 1. The number of nitrogens with zero attached hydrogens (tertiary/aromatic N) is 1. The fraction of sp³-hybridized carbons (Fsp3) is 0. The quantitative estimate of drug-likeness (QED) is 0.750. The number of rotatable bonds is 2. The van der Waals surface area contributed by atoms with Crippen molar-refractivity contribution >= 4 is 5.82 Å². The van der Waals surface area contributed by atoms with Crippen LogP contribution in [0.25, 0.3) is 22.6 Å². The second-order valence-corrected chi connectivity index (χ2v) is 3.73. The number of furan rings is 1. The Morgan fingerprint density at radius 3 is 2.67 bits per heavy atom. The third-order valence-corrected chi connectivity index (χ3v) is 2.61. The fourth-order valence-electron chi connectivity index (χ4n) is 1.80. The van der Waals surface area contributed by atoms with E-state index >= 15 is 0 Å². The maximum Gasteiger partial charge on any atom is 0.212 e. The molecule has 0 atom stereocenters. The number of nitrogen functional groups attached to an aromatic ring is 1. The van der Waals surface area contributed by atoms with Crippen molar-refractivity contribution in [1.29, 1.82) is 0 Å². The van der Waals surface area contributed by atoms with Crippen molar-refractivity contribution in [3.8, 4) is 22.6 Å². The van der Waals surface area contributed by atoms with E-state index in [9.17, 15) is 4.39 Å². The molecule has 2 heterocycles. The van der Waals surface area contributed by atoms with Gasteiger partial charge in [0.05, 0.1) is 11.8 Å². The molecule has 3 rings (SSSR count). The molecule has 0 unspecified atom stereocenters. The average Bonchev–Trinajstić information content (AvgIpc) is 2.99. The number of hydrogen-bond acceptors (Lipinski definition) is 4. The minimum absolute atomic E-state index is 0.131. The van der Waals surface area contributed by atoms with Crippen molar-refractivity contribution in [2.75, 3.05) is 5.73 Å². The van der Waals surface area contributed by atoms with Gasteiger partial charge in [0, 0.05) is 5.56 Å². The van der Waals surface area contributed by atoms with Crippen molar-refractivity contribution in [2.24, 2.45) is 0 Å². The zero-order valence-electron chi connectivity index (χ0n) is 9.26. The molecule has 90 valence electrons. The molecule has 0 saturated heterocycles. The van der Waals surface area contributed by atoms with Crippen LogP contribution in [0.2, 0.25) is 0 Å². The SMILES string of the molecule is Nc1noc(-c2ccco2)c1-c1ccccc1F. The first-order valence-corrected chi connectivity index (χ1v) is 5.31. The third-order valence-electron chi connectivity index (χ3n) is 2.61. The van der Waals surface area contributed by atoms with Gasteiger partial charge in [-0.3, -0.25) is 0 Å². The highest BCUT2D eigenvalue weighted by atomic mass is 19.1. The Kier molecular flexibility index (Phi) is 2.37. The minimum Gasteiger partial charge on any atom is -0.461 e. The Morgan fingerprint density at radius 2 is 1.94 bits per heavy atom. The zero-order chi connectivity index (χ0) is 12.5. The largest absolute Gasteiger partial charge is 0.461 e. The lowest BCUT2D eigenvalue weighted by molar-refractivity contribution is 0.421. The van der Waals surface area contributed by atoms with Crippen LogP contribution in [0.5, 0.6) is 0 Å². The van der Waals surface area contributed by atoms with Crippen LogP contribution in [0.4, 0.5) is 10.2 Å². The van der Waals surface area contributed by atoms with Gasteiger partial charge < -0.3 is 14.7 Å². The molecule has 2 aromatic heterocycles. The molecule has 0 aliphatic carbocycles. The Labute approximate surface area is 102 Å². The third kappa shape index (κ3) is 1.57. The summed E-state index contributed by atoms with van der Waals surface area (Å²) in [6.07, 6.45) is 1.50. The van der Waals surface area contributed by atoms with Crippen LogP contribution < -0.4 is 5.73 Å². The maximum absolute atomic E-state index is 13.8. The summed E-state index contributed by atoms with van der Waals surface area (Å²) in [5.41, 5.74) is 6.48.